The van der Waals surface area contributed by atoms with E-state index in [1.54, 1.807) is 31.2 Å². The fourth-order valence-electron chi connectivity index (χ4n) is 2.65. The number of amides is 1. The van der Waals surface area contributed by atoms with E-state index in [1.165, 1.54) is 25.3 Å². The van der Waals surface area contributed by atoms with Crippen LogP contribution in [0.4, 0.5) is 11.4 Å². The summed E-state index contributed by atoms with van der Waals surface area (Å²) in [5, 5.41) is 3.22. The first-order valence-electron chi connectivity index (χ1n) is 8.07. The van der Waals surface area contributed by atoms with Crippen LogP contribution in [0.2, 0.25) is 10.0 Å². The summed E-state index contributed by atoms with van der Waals surface area (Å²) in [4.78, 5) is 12.9. The van der Waals surface area contributed by atoms with Crippen LogP contribution in [0.15, 0.2) is 42.5 Å². The van der Waals surface area contributed by atoms with Gasteiger partial charge in [-0.25, -0.2) is 8.42 Å². The predicted molar refractivity (Wildman–Crippen MR) is 109 cm³/mol. The Kier molecular flexibility index (Phi) is 6.97. The third-order valence-corrected chi connectivity index (χ3v) is 5.77. The zero-order chi connectivity index (χ0) is 20.2. The van der Waals surface area contributed by atoms with Gasteiger partial charge in [-0.2, -0.15) is 0 Å². The summed E-state index contributed by atoms with van der Waals surface area (Å²) in [7, 11) is -2.29. The number of methoxy groups -OCH3 is 1. The summed E-state index contributed by atoms with van der Waals surface area (Å²) >= 11 is 12.0. The van der Waals surface area contributed by atoms with Gasteiger partial charge in [0.15, 0.2) is 0 Å². The number of hydrogen-bond acceptors (Lipinski definition) is 4. The van der Waals surface area contributed by atoms with Crippen LogP contribution in [0.5, 0.6) is 5.75 Å². The minimum Gasteiger partial charge on any atom is -0.495 e. The Balaban J connectivity index is 2.43. The van der Waals surface area contributed by atoms with Gasteiger partial charge in [0.05, 0.1) is 34.8 Å². The molecule has 1 amide bonds. The van der Waals surface area contributed by atoms with E-state index in [0.717, 1.165) is 10.6 Å². The average Bonchev–Trinajstić information content (AvgIpc) is 2.61. The van der Waals surface area contributed by atoms with Crippen LogP contribution in [-0.4, -0.2) is 33.7 Å². The number of benzene rings is 2. The quantitative estimate of drug-likeness (QED) is 0.714. The topological polar surface area (TPSA) is 75.7 Å². The highest BCUT2D eigenvalue weighted by atomic mass is 35.5. The van der Waals surface area contributed by atoms with Crippen LogP contribution in [-0.2, 0) is 14.8 Å². The maximum absolute atomic E-state index is 12.9. The summed E-state index contributed by atoms with van der Waals surface area (Å²) in [5.74, 6) is -0.0142. The molecular formula is C18H20Cl2N2O4S. The van der Waals surface area contributed by atoms with Gasteiger partial charge in [0.1, 0.15) is 11.8 Å². The van der Waals surface area contributed by atoms with Gasteiger partial charge in [-0.05, 0) is 36.8 Å². The number of carbonyl (C=O) groups excluding carboxylic acids is 1. The molecular weight excluding hydrogens is 411 g/mol. The van der Waals surface area contributed by atoms with Crippen LogP contribution in [0.1, 0.15) is 13.3 Å². The Labute approximate surface area is 169 Å². The van der Waals surface area contributed by atoms with Crippen LogP contribution in [0.25, 0.3) is 0 Å². The second-order valence-electron chi connectivity index (χ2n) is 5.77. The van der Waals surface area contributed by atoms with E-state index in [0.29, 0.717) is 16.5 Å². The lowest BCUT2D eigenvalue weighted by Gasteiger charge is -2.30. The van der Waals surface area contributed by atoms with Gasteiger partial charge < -0.3 is 10.1 Å². The summed E-state index contributed by atoms with van der Waals surface area (Å²) in [5.41, 5.74) is 0.708. The maximum Gasteiger partial charge on any atom is 0.248 e. The molecule has 0 saturated carbocycles. The van der Waals surface area contributed by atoms with E-state index in [4.69, 9.17) is 27.9 Å². The van der Waals surface area contributed by atoms with Crippen molar-refractivity contribution in [1.82, 2.24) is 0 Å². The van der Waals surface area contributed by atoms with Gasteiger partial charge in [0.2, 0.25) is 15.9 Å². The van der Waals surface area contributed by atoms with E-state index >= 15 is 0 Å². The maximum atomic E-state index is 12.9. The molecule has 1 atom stereocenters. The Bertz CT molecular complexity index is 935. The molecule has 6 nitrogen and oxygen atoms in total. The smallest absolute Gasteiger partial charge is 0.248 e. The molecule has 0 heterocycles. The number of carbonyl (C=O) groups is 1. The molecule has 0 bridgehead atoms. The highest BCUT2D eigenvalue weighted by Crippen LogP contribution is 2.31. The fourth-order valence-corrected chi connectivity index (χ4v) is 4.14. The summed E-state index contributed by atoms with van der Waals surface area (Å²) < 4.78 is 31.2. The molecule has 1 N–H and O–H groups in total. The van der Waals surface area contributed by atoms with Gasteiger partial charge in [-0.1, -0.05) is 42.3 Å². The zero-order valence-electron chi connectivity index (χ0n) is 15.1. The van der Waals surface area contributed by atoms with Crippen molar-refractivity contribution >= 4 is 50.5 Å². The van der Waals surface area contributed by atoms with Gasteiger partial charge >= 0.3 is 0 Å². The Hall–Kier alpha value is -1.96. The van der Waals surface area contributed by atoms with E-state index in [-0.39, 0.29) is 17.1 Å². The van der Waals surface area contributed by atoms with E-state index in [2.05, 4.69) is 5.32 Å². The standard InChI is InChI=1S/C18H20Cl2N2O4S/c1-4-16(18(23)21-15-7-5-6-8-17(15)26-2)22(27(3,24)25)12-9-10-13(19)14(20)11-12/h5-11,16H,4H2,1-3H3,(H,21,23)/t16-/m1/s1. The first-order valence-corrected chi connectivity index (χ1v) is 10.7. The summed E-state index contributed by atoms with van der Waals surface area (Å²) in [6.45, 7) is 1.72. The SMILES string of the molecule is CC[C@H](C(=O)Nc1ccccc1OC)N(c1ccc(Cl)c(Cl)c1)S(C)(=O)=O. The molecule has 0 spiro atoms. The lowest BCUT2D eigenvalue weighted by molar-refractivity contribution is -0.117. The van der Waals surface area contributed by atoms with Gasteiger partial charge in [0, 0.05) is 0 Å². The van der Waals surface area contributed by atoms with Crippen LogP contribution >= 0.6 is 23.2 Å². The van der Waals surface area contributed by atoms with Crippen LogP contribution in [0, 0.1) is 0 Å². The van der Waals surface area contributed by atoms with Crippen molar-refractivity contribution in [3.8, 4) is 5.75 Å². The van der Waals surface area contributed by atoms with Crippen LogP contribution < -0.4 is 14.4 Å². The molecule has 0 saturated heterocycles. The first-order chi connectivity index (χ1) is 12.7. The molecule has 0 fully saturated rings. The highest BCUT2D eigenvalue weighted by Gasteiger charge is 2.32. The van der Waals surface area contributed by atoms with Crippen molar-refractivity contribution in [1.29, 1.82) is 0 Å². The van der Waals surface area contributed by atoms with Crippen molar-refractivity contribution in [3.05, 3.63) is 52.5 Å². The van der Waals surface area contributed by atoms with Crippen molar-refractivity contribution in [2.45, 2.75) is 19.4 Å². The second-order valence-corrected chi connectivity index (χ2v) is 8.44. The van der Waals surface area contributed by atoms with Crippen molar-refractivity contribution in [2.24, 2.45) is 0 Å². The van der Waals surface area contributed by atoms with E-state index < -0.39 is 22.0 Å². The van der Waals surface area contributed by atoms with Gasteiger partial charge in [-0.3, -0.25) is 9.10 Å². The Morgan fingerprint density at radius 2 is 1.85 bits per heavy atom. The number of rotatable bonds is 7. The van der Waals surface area contributed by atoms with E-state index in [1.807, 2.05) is 0 Å². The molecule has 146 valence electrons. The number of sulfonamides is 1. The van der Waals surface area contributed by atoms with Gasteiger partial charge in [-0.15, -0.1) is 0 Å². The number of para-hydroxylation sites is 2. The molecule has 27 heavy (non-hydrogen) atoms. The number of hydrogen-bond donors (Lipinski definition) is 1. The molecule has 0 aromatic heterocycles. The lowest BCUT2D eigenvalue weighted by atomic mass is 10.1. The largest absolute Gasteiger partial charge is 0.495 e. The first kappa shape index (κ1) is 21.3. The third-order valence-electron chi connectivity index (χ3n) is 3.85. The number of anilines is 2. The molecule has 0 aliphatic heterocycles. The number of nitrogens with zero attached hydrogens (tertiary/aromatic N) is 1. The van der Waals surface area contributed by atoms with Crippen molar-refractivity contribution in [3.63, 3.8) is 0 Å². The monoisotopic (exact) mass is 430 g/mol. The molecule has 2 rings (SSSR count). The number of nitrogens with one attached hydrogen (secondary N) is 1. The number of halogens is 2. The normalized spacial score (nSPS) is 12.3. The zero-order valence-corrected chi connectivity index (χ0v) is 17.4. The molecule has 0 radical (unpaired) electrons. The molecule has 0 aliphatic rings. The van der Waals surface area contributed by atoms with Crippen molar-refractivity contribution < 1.29 is 17.9 Å². The second kappa shape index (κ2) is 8.82. The van der Waals surface area contributed by atoms with E-state index in [9.17, 15) is 13.2 Å². The average molecular weight is 431 g/mol. The Morgan fingerprint density at radius 3 is 2.41 bits per heavy atom. The molecule has 0 aliphatic carbocycles. The lowest BCUT2D eigenvalue weighted by Crippen LogP contribution is -2.47. The number of ether oxygens (including phenoxy) is 1. The molecule has 0 unspecified atom stereocenters. The predicted octanol–water partition coefficient (Wildman–Crippen LogP) is 4.19. The fraction of sp³-hybridized carbons (Fsp3) is 0.278. The summed E-state index contributed by atoms with van der Waals surface area (Å²) in [6, 6.07) is 10.3. The highest BCUT2D eigenvalue weighted by molar-refractivity contribution is 7.92. The third kappa shape index (κ3) is 5.06. The minimum atomic E-state index is -3.77. The molecule has 2 aromatic carbocycles. The minimum absolute atomic E-state index is 0.197. The Morgan fingerprint density at radius 1 is 1.19 bits per heavy atom. The van der Waals surface area contributed by atoms with Gasteiger partial charge in [0.25, 0.3) is 0 Å². The molecule has 9 heteroatoms. The van der Waals surface area contributed by atoms with Crippen LogP contribution in [0.3, 0.4) is 0 Å². The van der Waals surface area contributed by atoms with Crippen molar-refractivity contribution in [2.75, 3.05) is 23.0 Å². The molecule has 2 aromatic rings. The summed E-state index contributed by atoms with van der Waals surface area (Å²) in [6.07, 6.45) is 1.28.